The van der Waals surface area contributed by atoms with E-state index in [0.717, 1.165) is 17.3 Å². The Hall–Kier alpha value is -3.20. The van der Waals surface area contributed by atoms with Crippen LogP contribution in [0, 0.1) is 0 Å². The molecule has 0 spiro atoms. The van der Waals surface area contributed by atoms with E-state index in [9.17, 15) is 19.2 Å². The number of rotatable bonds is 10. The van der Waals surface area contributed by atoms with Gasteiger partial charge in [0.25, 0.3) is 11.8 Å². The number of amides is 2. The van der Waals surface area contributed by atoms with Crippen molar-refractivity contribution in [2.45, 2.75) is 19.8 Å². The highest BCUT2D eigenvalue weighted by molar-refractivity contribution is 9.10. The third-order valence-corrected chi connectivity index (χ3v) is 4.53. The molecule has 0 aromatic heterocycles. The number of carbonyl (C=O) groups is 4. The molecule has 0 saturated carbocycles. The molecule has 2 rings (SSSR count). The van der Waals surface area contributed by atoms with Crippen molar-refractivity contribution < 1.29 is 28.7 Å². The van der Waals surface area contributed by atoms with Crippen LogP contribution < -0.4 is 10.6 Å². The minimum atomic E-state index is -0.745. The summed E-state index contributed by atoms with van der Waals surface area (Å²) in [4.78, 5) is 47.5. The minimum absolute atomic E-state index is 0.364. The van der Waals surface area contributed by atoms with Gasteiger partial charge in [0.1, 0.15) is 6.54 Å². The van der Waals surface area contributed by atoms with Gasteiger partial charge in [-0.2, -0.15) is 0 Å². The fourth-order valence-electron chi connectivity index (χ4n) is 2.33. The number of nitrogens with one attached hydrogen (secondary N) is 2. The van der Waals surface area contributed by atoms with Gasteiger partial charge in [-0.3, -0.25) is 14.4 Å². The first-order chi connectivity index (χ1) is 14.9. The third-order valence-electron chi connectivity index (χ3n) is 4.00. The zero-order valence-corrected chi connectivity index (χ0v) is 18.6. The van der Waals surface area contributed by atoms with E-state index >= 15 is 0 Å². The van der Waals surface area contributed by atoms with Crippen molar-refractivity contribution in [3.05, 3.63) is 64.1 Å². The largest absolute Gasteiger partial charge is 0.462 e. The molecule has 2 amide bonds. The maximum Gasteiger partial charge on any atom is 0.338 e. The summed E-state index contributed by atoms with van der Waals surface area (Å²) in [5, 5.41) is 4.97. The zero-order valence-electron chi connectivity index (χ0n) is 17.0. The number of benzene rings is 2. The van der Waals surface area contributed by atoms with Crippen molar-refractivity contribution in [2.24, 2.45) is 0 Å². The van der Waals surface area contributed by atoms with Crippen LogP contribution in [-0.4, -0.2) is 43.5 Å². The first-order valence-corrected chi connectivity index (χ1v) is 10.4. The average molecular weight is 491 g/mol. The monoisotopic (exact) mass is 490 g/mol. The van der Waals surface area contributed by atoms with Crippen molar-refractivity contribution >= 4 is 45.4 Å². The summed E-state index contributed by atoms with van der Waals surface area (Å²) in [5.41, 5.74) is 1.21. The fourth-order valence-corrected chi connectivity index (χ4v) is 2.60. The number of hydrogen-bond acceptors (Lipinski definition) is 6. The highest BCUT2D eigenvalue weighted by atomic mass is 79.9. The van der Waals surface area contributed by atoms with Gasteiger partial charge in [0, 0.05) is 15.7 Å². The second-order valence-corrected chi connectivity index (χ2v) is 7.38. The summed E-state index contributed by atoms with van der Waals surface area (Å²) in [6.07, 6.45) is 1.73. The van der Waals surface area contributed by atoms with Gasteiger partial charge in [0.05, 0.1) is 12.2 Å². The number of hydrogen-bond donors (Lipinski definition) is 2. The molecular weight excluding hydrogens is 468 g/mol. The van der Waals surface area contributed by atoms with E-state index in [4.69, 9.17) is 9.47 Å². The lowest BCUT2D eigenvalue weighted by Gasteiger charge is -2.08. The van der Waals surface area contributed by atoms with Crippen LogP contribution in [0.15, 0.2) is 53.0 Å². The molecule has 0 aliphatic rings. The zero-order chi connectivity index (χ0) is 22.6. The van der Waals surface area contributed by atoms with Crippen LogP contribution >= 0.6 is 15.9 Å². The van der Waals surface area contributed by atoms with E-state index in [1.807, 2.05) is 6.92 Å². The van der Waals surface area contributed by atoms with Crippen molar-refractivity contribution in [1.82, 2.24) is 5.32 Å². The SMILES string of the molecule is CCCCOC(=O)c1ccc(NC(=O)COC(=O)CNC(=O)c2ccc(Br)cc2)cc1. The van der Waals surface area contributed by atoms with Crippen LogP contribution in [0.25, 0.3) is 0 Å². The molecule has 0 unspecified atom stereocenters. The van der Waals surface area contributed by atoms with E-state index in [2.05, 4.69) is 26.6 Å². The molecule has 0 radical (unpaired) electrons. The van der Waals surface area contributed by atoms with E-state index in [-0.39, 0.29) is 6.54 Å². The van der Waals surface area contributed by atoms with Gasteiger partial charge in [-0.25, -0.2) is 4.79 Å². The molecule has 31 heavy (non-hydrogen) atoms. The highest BCUT2D eigenvalue weighted by Crippen LogP contribution is 2.11. The quantitative estimate of drug-likeness (QED) is 0.390. The molecule has 2 N–H and O–H groups in total. The third kappa shape index (κ3) is 8.59. The summed E-state index contributed by atoms with van der Waals surface area (Å²) in [6.45, 7) is 1.50. The van der Waals surface area contributed by atoms with Crippen molar-refractivity contribution in [1.29, 1.82) is 0 Å². The molecule has 9 heteroatoms. The van der Waals surface area contributed by atoms with Crippen molar-refractivity contribution in [3.63, 3.8) is 0 Å². The van der Waals surface area contributed by atoms with Gasteiger partial charge in [-0.05, 0) is 55.0 Å². The Bertz CT molecular complexity index is 913. The highest BCUT2D eigenvalue weighted by Gasteiger charge is 2.12. The number of ether oxygens (including phenoxy) is 2. The maximum atomic E-state index is 11.9. The van der Waals surface area contributed by atoms with Crippen molar-refractivity contribution in [3.8, 4) is 0 Å². The van der Waals surface area contributed by atoms with Crippen LogP contribution in [0.4, 0.5) is 5.69 Å². The van der Waals surface area contributed by atoms with E-state index in [0.29, 0.717) is 23.4 Å². The molecule has 2 aromatic rings. The molecular formula is C22H23BrN2O6. The maximum absolute atomic E-state index is 11.9. The standard InChI is InChI=1S/C22H23BrN2O6/c1-2-3-12-30-22(29)16-6-10-18(11-7-16)25-19(26)14-31-20(27)13-24-21(28)15-4-8-17(23)9-5-15/h4-11H,2-3,12-14H2,1H3,(H,24,28)(H,25,26). The topological polar surface area (TPSA) is 111 Å². The number of esters is 2. The summed E-state index contributed by atoms with van der Waals surface area (Å²) >= 11 is 3.27. The molecule has 0 saturated heterocycles. The predicted molar refractivity (Wildman–Crippen MR) is 118 cm³/mol. The van der Waals surface area contributed by atoms with Crippen LogP contribution in [0.1, 0.15) is 40.5 Å². The molecule has 2 aromatic carbocycles. The van der Waals surface area contributed by atoms with E-state index in [1.165, 1.54) is 12.1 Å². The smallest absolute Gasteiger partial charge is 0.338 e. The Morgan fingerprint density at radius 3 is 2.19 bits per heavy atom. The molecule has 0 fully saturated rings. The molecule has 164 valence electrons. The Kier molecular flexibility index (Phi) is 9.70. The molecule has 0 aliphatic carbocycles. The van der Waals surface area contributed by atoms with E-state index < -0.39 is 30.4 Å². The van der Waals surface area contributed by atoms with Gasteiger partial charge in [0.2, 0.25) is 0 Å². The predicted octanol–water partition coefficient (Wildman–Crippen LogP) is 3.32. The summed E-state index contributed by atoms with van der Waals surface area (Å²) in [5.74, 6) is -2.15. The molecule has 0 atom stereocenters. The lowest BCUT2D eigenvalue weighted by Crippen LogP contribution is -2.32. The molecule has 0 bridgehead atoms. The number of halogens is 1. The van der Waals surface area contributed by atoms with Crippen LogP contribution in [0.5, 0.6) is 0 Å². The Morgan fingerprint density at radius 1 is 0.903 bits per heavy atom. The lowest BCUT2D eigenvalue weighted by atomic mass is 10.2. The second kappa shape index (κ2) is 12.5. The van der Waals surface area contributed by atoms with Crippen molar-refractivity contribution in [2.75, 3.05) is 25.1 Å². The summed E-state index contributed by atoms with van der Waals surface area (Å²) < 4.78 is 10.8. The van der Waals surface area contributed by atoms with E-state index in [1.54, 1.807) is 36.4 Å². The molecule has 0 aliphatic heterocycles. The van der Waals surface area contributed by atoms with Crippen LogP contribution in [0.3, 0.4) is 0 Å². The number of carbonyl (C=O) groups excluding carboxylic acids is 4. The first-order valence-electron chi connectivity index (χ1n) is 9.65. The second-order valence-electron chi connectivity index (χ2n) is 6.47. The Labute approximate surface area is 188 Å². The van der Waals surface area contributed by atoms with Gasteiger partial charge in [-0.15, -0.1) is 0 Å². The van der Waals surface area contributed by atoms with Gasteiger partial charge in [-0.1, -0.05) is 29.3 Å². The fraction of sp³-hybridized carbons (Fsp3) is 0.273. The summed E-state index contributed by atoms with van der Waals surface area (Å²) in [7, 11) is 0. The van der Waals surface area contributed by atoms with Crippen LogP contribution in [-0.2, 0) is 19.1 Å². The van der Waals surface area contributed by atoms with Crippen LogP contribution in [0.2, 0.25) is 0 Å². The minimum Gasteiger partial charge on any atom is -0.462 e. The normalized spacial score (nSPS) is 10.1. The first kappa shape index (κ1) is 24.1. The average Bonchev–Trinajstić information content (AvgIpc) is 2.77. The van der Waals surface area contributed by atoms with Gasteiger partial charge < -0.3 is 20.1 Å². The molecule has 0 heterocycles. The summed E-state index contributed by atoms with van der Waals surface area (Å²) in [6, 6.07) is 12.8. The molecule has 8 nitrogen and oxygen atoms in total. The number of unbranched alkanes of at least 4 members (excludes halogenated alkanes) is 1. The Balaban J connectivity index is 1.71. The van der Waals surface area contributed by atoms with Gasteiger partial charge in [0.15, 0.2) is 6.61 Å². The Morgan fingerprint density at radius 2 is 1.55 bits per heavy atom. The van der Waals surface area contributed by atoms with Gasteiger partial charge >= 0.3 is 11.9 Å². The number of anilines is 1. The lowest BCUT2D eigenvalue weighted by molar-refractivity contribution is -0.146.